The normalized spacial score (nSPS) is 19.3. The number of halogens is 8. The van der Waals surface area contributed by atoms with E-state index in [1.165, 1.54) is 0 Å². The third kappa shape index (κ3) is 20.0. The highest BCUT2D eigenvalue weighted by Crippen LogP contribution is 2.33. The van der Waals surface area contributed by atoms with Gasteiger partial charge in [0.1, 0.15) is 12.2 Å². The van der Waals surface area contributed by atoms with Crippen molar-refractivity contribution in [2.45, 2.75) is 147 Å². The zero-order valence-electron chi connectivity index (χ0n) is 30.6. The highest BCUT2D eigenvalue weighted by Gasteiger charge is 2.30. The maximum Gasteiger partial charge on any atom is 0.389 e. The molecule has 0 aromatic heterocycles. The van der Waals surface area contributed by atoms with Crippen LogP contribution in [0.2, 0.25) is 0 Å². The second-order valence-corrected chi connectivity index (χ2v) is 14.2. The van der Waals surface area contributed by atoms with Crippen molar-refractivity contribution in [2.24, 2.45) is 5.92 Å². The molecule has 2 rings (SSSR count). The number of Topliss-reactive ketones (excluding diaryl/α,β-unsaturated/α-hetero) is 2. The van der Waals surface area contributed by atoms with E-state index in [-0.39, 0.29) is 91.8 Å². The van der Waals surface area contributed by atoms with Gasteiger partial charge in [0.25, 0.3) is 0 Å². The van der Waals surface area contributed by atoms with Crippen LogP contribution in [0.5, 0.6) is 0 Å². The van der Waals surface area contributed by atoms with Gasteiger partial charge in [-0.1, -0.05) is 71.8 Å². The minimum Gasteiger partial charge on any atom is -0.462 e. The van der Waals surface area contributed by atoms with Crippen LogP contribution in [0.15, 0.2) is 69.8 Å². The van der Waals surface area contributed by atoms with Gasteiger partial charge in [-0.15, -0.1) is 0 Å². The Bertz CT molecular complexity index is 1440. The number of allylic oxidation sites excluding steroid dienone is 10. The van der Waals surface area contributed by atoms with Gasteiger partial charge in [0.2, 0.25) is 0 Å². The minimum absolute atomic E-state index is 0.0466. The van der Waals surface area contributed by atoms with Gasteiger partial charge in [-0.25, -0.2) is 0 Å². The van der Waals surface area contributed by atoms with Crippen LogP contribution in [-0.4, -0.2) is 48.1 Å². The van der Waals surface area contributed by atoms with Crippen molar-refractivity contribution in [3.05, 3.63) is 69.8 Å². The average Bonchev–Trinajstić information content (AvgIpc) is 3.55. The van der Waals surface area contributed by atoms with Crippen LogP contribution in [0.1, 0.15) is 122 Å². The predicted octanol–water partition coefficient (Wildman–Crippen LogP) is 12.0. The van der Waals surface area contributed by atoms with Crippen LogP contribution in [0.25, 0.3) is 0 Å². The van der Waals surface area contributed by atoms with Crippen LogP contribution in [-0.2, 0) is 28.7 Å². The van der Waals surface area contributed by atoms with E-state index in [1.54, 1.807) is 24.3 Å². The highest BCUT2D eigenvalue weighted by molar-refractivity contribution is 6.46. The first-order valence-electron chi connectivity index (χ1n) is 18.5. The van der Waals surface area contributed by atoms with E-state index in [0.29, 0.717) is 49.7 Å². The lowest BCUT2D eigenvalue weighted by Crippen LogP contribution is -2.19. The third-order valence-electron chi connectivity index (χ3n) is 8.83. The molecule has 0 bridgehead atoms. The Labute approximate surface area is 323 Å². The van der Waals surface area contributed by atoms with E-state index in [1.807, 2.05) is 31.2 Å². The molecule has 0 N–H and O–H groups in total. The lowest BCUT2D eigenvalue weighted by Gasteiger charge is -2.18. The lowest BCUT2D eigenvalue weighted by atomic mass is 9.95. The van der Waals surface area contributed by atoms with Gasteiger partial charge in [0.15, 0.2) is 11.6 Å². The van der Waals surface area contributed by atoms with Crippen molar-refractivity contribution in [1.29, 1.82) is 0 Å². The Morgan fingerprint density at radius 2 is 1.30 bits per heavy atom. The molecule has 302 valence electrons. The summed E-state index contributed by atoms with van der Waals surface area (Å²) in [5.74, 6) is -2.01. The Morgan fingerprint density at radius 1 is 0.759 bits per heavy atom. The first-order valence-corrected chi connectivity index (χ1v) is 19.2. The summed E-state index contributed by atoms with van der Waals surface area (Å²) in [6.45, 7) is 1.87. The first-order chi connectivity index (χ1) is 25.5. The van der Waals surface area contributed by atoms with E-state index in [2.05, 4.69) is 0 Å². The monoisotopic (exact) mass is 810 g/mol. The number of hydrogen-bond acceptors (Lipinski definition) is 6. The van der Waals surface area contributed by atoms with E-state index in [4.69, 9.17) is 32.7 Å². The molecule has 0 heterocycles. The van der Waals surface area contributed by atoms with Gasteiger partial charge in [0.05, 0.1) is 10.1 Å². The maximum atomic E-state index is 12.8. The summed E-state index contributed by atoms with van der Waals surface area (Å²) < 4.78 is 86.9. The summed E-state index contributed by atoms with van der Waals surface area (Å²) in [6, 6.07) is 0. The molecular weight excluding hydrogens is 761 g/mol. The lowest BCUT2D eigenvalue weighted by molar-refractivity contribution is -0.150. The molecule has 0 aliphatic heterocycles. The molecule has 0 amide bonds. The van der Waals surface area contributed by atoms with Gasteiger partial charge in [-0.2, -0.15) is 26.3 Å². The standard InChI is InChI=1S/C40H50Cl2F6O6/c1-2-3-4-8-17-35(49)54-31(16-11-13-26-40(46,47)48)22-23-32-29(27-34(42)38(32)52)14-7-5-6-9-18-36(50)53-30(15-10-12-25-39(43,44)45)21-19-28-20-24-33(41)37(28)51/h2-3,5,7,19,23-24,27,29-31H,4,6,8-18,20-22,25-26H2,1H3/b3-2-,7-5-,28-19+,32-23-. The second-order valence-electron chi connectivity index (χ2n) is 13.4. The zero-order valence-corrected chi connectivity index (χ0v) is 32.1. The SMILES string of the molecule is C/C=C\CCCC(=O)OC(C/C=C1\C(=O)C(Cl)=CC1C/C=C\CCCC(=O)OC(C/C=C1\CC=C(Cl)C1=O)CCCCC(F)(F)F)CCCCC(F)(F)F. The molecule has 0 saturated carbocycles. The zero-order chi connectivity index (χ0) is 40.1. The van der Waals surface area contributed by atoms with Crippen molar-refractivity contribution in [2.75, 3.05) is 0 Å². The number of ether oxygens (including phenoxy) is 2. The number of unbranched alkanes of at least 4 members (excludes halogenated alkanes) is 4. The molecule has 14 heteroatoms. The Balaban J connectivity index is 1.91. The van der Waals surface area contributed by atoms with Gasteiger partial charge in [-0.05, 0) is 84.0 Å². The molecule has 3 unspecified atom stereocenters. The van der Waals surface area contributed by atoms with Crippen molar-refractivity contribution in [1.82, 2.24) is 0 Å². The Hall–Kier alpha value is -3.12. The minimum atomic E-state index is -4.28. The van der Waals surface area contributed by atoms with Crippen LogP contribution in [0.4, 0.5) is 26.3 Å². The summed E-state index contributed by atoms with van der Waals surface area (Å²) in [4.78, 5) is 50.0. The molecule has 2 aliphatic rings. The fraction of sp³-hybridized carbons (Fsp3) is 0.600. The molecule has 0 aromatic carbocycles. The van der Waals surface area contributed by atoms with Gasteiger partial charge in [-0.3, -0.25) is 19.2 Å². The van der Waals surface area contributed by atoms with Crippen molar-refractivity contribution in [3.63, 3.8) is 0 Å². The average molecular weight is 812 g/mol. The maximum absolute atomic E-state index is 12.8. The Morgan fingerprint density at radius 3 is 1.80 bits per heavy atom. The van der Waals surface area contributed by atoms with Crippen molar-refractivity contribution in [3.8, 4) is 0 Å². The van der Waals surface area contributed by atoms with Crippen LogP contribution in [0, 0.1) is 5.92 Å². The van der Waals surface area contributed by atoms with E-state index in [9.17, 15) is 45.5 Å². The number of esters is 2. The van der Waals surface area contributed by atoms with Gasteiger partial charge in [0, 0.05) is 55.6 Å². The van der Waals surface area contributed by atoms with Crippen LogP contribution >= 0.6 is 23.2 Å². The first kappa shape index (κ1) is 47.0. The molecular formula is C40H50Cl2F6O6. The summed E-state index contributed by atoms with van der Waals surface area (Å²) in [7, 11) is 0. The van der Waals surface area contributed by atoms with Crippen molar-refractivity contribution >= 4 is 46.7 Å². The number of carbonyl (C=O) groups is 4. The number of ketones is 2. The quantitative estimate of drug-likeness (QED) is 0.0317. The summed E-state index contributed by atoms with van der Waals surface area (Å²) in [5, 5.41) is 0.152. The second kappa shape index (κ2) is 24.4. The van der Waals surface area contributed by atoms with E-state index >= 15 is 0 Å². The van der Waals surface area contributed by atoms with E-state index < -0.39 is 49.3 Å². The fourth-order valence-electron chi connectivity index (χ4n) is 5.92. The third-order valence-corrected chi connectivity index (χ3v) is 9.45. The van der Waals surface area contributed by atoms with Gasteiger partial charge >= 0.3 is 24.3 Å². The summed E-state index contributed by atoms with van der Waals surface area (Å²) >= 11 is 12.0. The smallest absolute Gasteiger partial charge is 0.389 e. The van der Waals surface area contributed by atoms with Gasteiger partial charge < -0.3 is 9.47 Å². The molecule has 0 aromatic rings. The van der Waals surface area contributed by atoms with Crippen LogP contribution < -0.4 is 0 Å². The molecule has 0 radical (unpaired) electrons. The number of hydrogen-bond donors (Lipinski definition) is 0. The molecule has 0 spiro atoms. The highest BCUT2D eigenvalue weighted by atomic mass is 35.5. The largest absolute Gasteiger partial charge is 0.462 e. The number of alkyl halides is 6. The molecule has 2 aliphatic carbocycles. The van der Waals surface area contributed by atoms with Crippen molar-refractivity contribution < 1.29 is 55.0 Å². The Kier molecular flexibility index (Phi) is 21.3. The fourth-order valence-corrected chi connectivity index (χ4v) is 6.38. The summed E-state index contributed by atoms with van der Waals surface area (Å²) in [5.41, 5.74) is 0.861. The molecule has 54 heavy (non-hydrogen) atoms. The molecule has 0 fully saturated rings. The summed E-state index contributed by atoms with van der Waals surface area (Å²) in [6.07, 6.45) is 6.23. The molecule has 0 saturated heterocycles. The number of rotatable bonds is 24. The molecule has 6 nitrogen and oxygen atoms in total. The van der Waals surface area contributed by atoms with Crippen LogP contribution in [0.3, 0.4) is 0 Å². The predicted molar refractivity (Wildman–Crippen MR) is 196 cm³/mol. The topological polar surface area (TPSA) is 86.7 Å². The van der Waals surface area contributed by atoms with E-state index in [0.717, 1.165) is 0 Å². The molecule has 3 atom stereocenters. The number of carbonyl (C=O) groups excluding carboxylic acids is 4.